The van der Waals surface area contributed by atoms with Crippen molar-refractivity contribution >= 4 is 5.91 Å². The predicted molar refractivity (Wildman–Crippen MR) is 101 cm³/mol. The molecule has 0 radical (unpaired) electrons. The zero-order chi connectivity index (χ0) is 20.5. The van der Waals surface area contributed by atoms with E-state index in [1.165, 1.54) is 27.6 Å². The molecule has 1 saturated carbocycles. The lowest BCUT2D eigenvalue weighted by Gasteiger charge is -2.08. The summed E-state index contributed by atoms with van der Waals surface area (Å²) in [6.45, 7) is 0.438. The molecule has 0 bridgehead atoms. The number of nitrogens with zero attached hydrogens (tertiary/aromatic N) is 4. The Morgan fingerprint density at radius 1 is 1.17 bits per heavy atom. The lowest BCUT2D eigenvalue weighted by Crippen LogP contribution is -2.33. The van der Waals surface area contributed by atoms with Gasteiger partial charge in [0.1, 0.15) is 17.3 Å². The van der Waals surface area contributed by atoms with Crippen molar-refractivity contribution in [2.75, 3.05) is 6.54 Å². The molecular weight excluding hydrogens is 380 g/mol. The predicted octanol–water partition coefficient (Wildman–Crippen LogP) is 2.23. The van der Waals surface area contributed by atoms with Gasteiger partial charge in [-0.3, -0.25) is 14.3 Å². The number of aryl methyl sites for hydroxylation is 1. The van der Waals surface area contributed by atoms with E-state index in [2.05, 4.69) is 15.5 Å². The van der Waals surface area contributed by atoms with E-state index in [-0.39, 0.29) is 35.6 Å². The fourth-order valence-electron chi connectivity index (χ4n) is 3.10. The number of benzene rings is 1. The van der Waals surface area contributed by atoms with Crippen LogP contribution in [0.2, 0.25) is 0 Å². The van der Waals surface area contributed by atoms with Gasteiger partial charge in [-0.25, -0.2) is 13.5 Å². The van der Waals surface area contributed by atoms with Gasteiger partial charge in [0.25, 0.3) is 11.5 Å². The highest BCUT2D eigenvalue weighted by Crippen LogP contribution is 2.38. The van der Waals surface area contributed by atoms with Gasteiger partial charge in [-0.15, -0.1) is 0 Å². The third-order valence-corrected chi connectivity index (χ3v) is 4.81. The summed E-state index contributed by atoms with van der Waals surface area (Å²) in [6, 6.07) is 7.86. The van der Waals surface area contributed by atoms with Gasteiger partial charge in [0.15, 0.2) is 0 Å². The first-order valence-electron chi connectivity index (χ1n) is 9.28. The molecule has 1 aliphatic rings. The van der Waals surface area contributed by atoms with E-state index < -0.39 is 17.5 Å². The average Bonchev–Trinajstić information content (AvgIpc) is 3.45. The Bertz CT molecular complexity index is 1130. The Kier molecular flexibility index (Phi) is 4.96. The van der Waals surface area contributed by atoms with E-state index in [4.69, 9.17) is 0 Å². The molecule has 1 amide bonds. The fraction of sp³-hybridized carbons (Fsp3) is 0.300. The molecule has 3 aromatic rings. The summed E-state index contributed by atoms with van der Waals surface area (Å²) in [7, 11) is 1.56. The Morgan fingerprint density at radius 2 is 1.97 bits per heavy atom. The summed E-state index contributed by atoms with van der Waals surface area (Å²) < 4.78 is 29.7. The molecule has 150 valence electrons. The van der Waals surface area contributed by atoms with Crippen LogP contribution in [0.1, 0.15) is 34.9 Å². The number of carbonyl (C=O) groups is 1. The zero-order valence-corrected chi connectivity index (χ0v) is 15.7. The normalized spacial score (nSPS) is 13.5. The summed E-state index contributed by atoms with van der Waals surface area (Å²) in [6.07, 6.45) is 2.17. The molecule has 7 nitrogen and oxygen atoms in total. The van der Waals surface area contributed by atoms with Crippen LogP contribution in [0, 0.1) is 11.6 Å². The van der Waals surface area contributed by atoms with Crippen molar-refractivity contribution in [1.29, 1.82) is 0 Å². The monoisotopic (exact) mass is 399 g/mol. The Hall–Kier alpha value is -3.36. The largest absolute Gasteiger partial charge is 0.349 e. The van der Waals surface area contributed by atoms with Crippen LogP contribution in [0.25, 0.3) is 11.3 Å². The van der Waals surface area contributed by atoms with Gasteiger partial charge in [-0.2, -0.15) is 10.2 Å². The Labute approximate surface area is 165 Å². The smallest absolute Gasteiger partial charge is 0.269 e. The number of nitrogens with one attached hydrogen (secondary N) is 1. The van der Waals surface area contributed by atoms with Crippen molar-refractivity contribution in [3.63, 3.8) is 0 Å². The number of aromatic nitrogens is 4. The van der Waals surface area contributed by atoms with Gasteiger partial charge in [0.05, 0.1) is 17.9 Å². The molecule has 0 spiro atoms. The maximum atomic E-state index is 14.0. The van der Waals surface area contributed by atoms with Crippen molar-refractivity contribution in [2.45, 2.75) is 25.3 Å². The van der Waals surface area contributed by atoms with Crippen LogP contribution >= 0.6 is 0 Å². The van der Waals surface area contributed by atoms with Crippen LogP contribution in [0.15, 0.2) is 41.2 Å². The summed E-state index contributed by atoms with van der Waals surface area (Å²) in [5.41, 5.74) is 1.22. The number of amides is 1. The molecule has 0 atom stereocenters. The highest BCUT2D eigenvalue weighted by Gasteiger charge is 2.25. The van der Waals surface area contributed by atoms with Crippen molar-refractivity contribution in [2.24, 2.45) is 7.05 Å². The third kappa shape index (κ3) is 4.08. The quantitative estimate of drug-likeness (QED) is 0.689. The van der Waals surface area contributed by atoms with Crippen LogP contribution in [-0.4, -0.2) is 32.0 Å². The molecule has 4 rings (SSSR count). The van der Waals surface area contributed by atoms with E-state index in [0.29, 0.717) is 5.92 Å². The minimum Gasteiger partial charge on any atom is -0.349 e. The molecule has 1 N–H and O–H groups in total. The van der Waals surface area contributed by atoms with E-state index >= 15 is 0 Å². The van der Waals surface area contributed by atoms with Crippen LogP contribution in [0.3, 0.4) is 0 Å². The molecule has 0 aliphatic heterocycles. The summed E-state index contributed by atoms with van der Waals surface area (Å²) in [4.78, 5) is 24.4. The minimum absolute atomic E-state index is 0.105. The van der Waals surface area contributed by atoms with Crippen LogP contribution in [0.4, 0.5) is 8.78 Å². The van der Waals surface area contributed by atoms with E-state index in [0.717, 1.165) is 30.7 Å². The maximum Gasteiger partial charge on any atom is 0.269 e. The third-order valence-electron chi connectivity index (χ3n) is 4.81. The van der Waals surface area contributed by atoms with Gasteiger partial charge >= 0.3 is 0 Å². The molecule has 0 saturated heterocycles. The Balaban J connectivity index is 1.43. The van der Waals surface area contributed by atoms with Crippen molar-refractivity contribution in [3.8, 4) is 11.3 Å². The lowest BCUT2D eigenvalue weighted by atomic mass is 10.1. The van der Waals surface area contributed by atoms with Crippen molar-refractivity contribution < 1.29 is 13.6 Å². The molecule has 2 heterocycles. The van der Waals surface area contributed by atoms with Crippen molar-refractivity contribution in [3.05, 3.63) is 69.8 Å². The van der Waals surface area contributed by atoms with Gasteiger partial charge in [0, 0.05) is 37.2 Å². The van der Waals surface area contributed by atoms with Gasteiger partial charge < -0.3 is 5.32 Å². The second-order valence-corrected chi connectivity index (χ2v) is 7.01. The molecular formula is C20H19F2N5O2. The highest BCUT2D eigenvalue weighted by molar-refractivity contribution is 5.93. The molecule has 29 heavy (non-hydrogen) atoms. The first kappa shape index (κ1) is 19.0. The molecule has 2 aromatic heterocycles. The summed E-state index contributed by atoms with van der Waals surface area (Å²) >= 11 is 0. The van der Waals surface area contributed by atoms with E-state index in [9.17, 15) is 18.4 Å². The number of rotatable bonds is 6. The molecule has 9 heteroatoms. The second-order valence-electron chi connectivity index (χ2n) is 7.01. The Morgan fingerprint density at radius 3 is 2.69 bits per heavy atom. The summed E-state index contributed by atoms with van der Waals surface area (Å²) in [5.74, 6) is -1.43. The topological polar surface area (TPSA) is 81.8 Å². The van der Waals surface area contributed by atoms with Crippen molar-refractivity contribution in [1.82, 2.24) is 24.9 Å². The molecule has 1 aromatic carbocycles. The fourth-order valence-corrected chi connectivity index (χ4v) is 3.10. The first-order chi connectivity index (χ1) is 13.9. The number of halogens is 2. The maximum absolute atomic E-state index is 14.0. The molecule has 1 fully saturated rings. The molecule has 1 aliphatic carbocycles. The lowest BCUT2D eigenvalue weighted by molar-refractivity contribution is 0.0942. The van der Waals surface area contributed by atoms with E-state index in [1.807, 2.05) is 0 Å². The first-order valence-corrected chi connectivity index (χ1v) is 9.28. The SMILES string of the molecule is Cn1nc(-c2ccc(F)cc2F)cc1C(=O)NCCn1nc(C2CC2)ccc1=O. The second kappa shape index (κ2) is 7.57. The number of carbonyl (C=O) groups excluding carboxylic acids is 1. The highest BCUT2D eigenvalue weighted by atomic mass is 19.1. The number of hydrogen-bond donors (Lipinski definition) is 1. The van der Waals surface area contributed by atoms with Crippen LogP contribution in [-0.2, 0) is 13.6 Å². The van der Waals surface area contributed by atoms with Gasteiger partial charge in [0.2, 0.25) is 0 Å². The zero-order valence-electron chi connectivity index (χ0n) is 15.7. The van der Waals surface area contributed by atoms with Gasteiger partial charge in [-0.1, -0.05) is 0 Å². The van der Waals surface area contributed by atoms with E-state index in [1.54, 1.807) is 13.1 Å². The van der Waals surface area contributed by atoms with Crippen LogP contribution < -0.4 is 10.9 Å². The van der Waals surface area contributed by atoms with Crippen LogP contribution in [0.5, 0.6) is 0 Å². The van der Waals surface area contributed by atoms with Gasteiger partial charge in [-0.05, 0) is 37.1 Å². The average molecular weight is 399 g/mol. The minimum atomic E-state index is -0.754. The molecule has 0 unspecified atom stereocenters. The summed E-state index contributed by atoms with van der Waals surface area (Å²) in [5, 5.41) is 11.2. The standard InChI is InChI=1S/C20H19F2N5O2/c1-26-18(11-17(24-26)14-5-4-13(21)10-15(14)22)20(29)23-8-9-27-19(28)7-6-16(25-27)12-2-3-12/h4-7,10-12H,2-3,8-9H2,1H3,(H,23,29). The number of hydrogen-bond acceptors (Lipinski definition) is 4.